The average molecular weight is 356 g/mol. The van der Waals surface area contributed by atoms with Crippen LogP contribution >= 0.6 is 11.6 Å². The van der Waals surface area contributed by atoms with Gasteiger partial charge < -0.3 is 4.42 Å². The third-order valence-corrected chi connectivity index (χ3v) is 3.89. The fraction of sp³-hybridized carbons (Fsp3) is 0.0556. The molecule has 0 radical (unpaired) electrons. The van der Waals surface area contributed by atoms with Crippen molar-refractivity contribution >= 4 is 29.2 Å². The molecule has 1 heterocycles. The Morgan fingerprint density at radius 1 is 1.20 bits per heavy atom. The van der Waals surface area contributed by atoms with Crippen molar-refractivity contribution in [3.63, 3.8) is 0 Å². The van der Waals surface area contributed by atoms with Crippen molar-refractivity contribution in [1.29, 1.82) is 0 Å². The lowest BCUT2D eigenvalue weighted by atomic mass is 10.1. The standard InChI is InChI=1S/C18H14ClN3O3/c1-12-4-2-3-5-17(12)21-20-11-14-7-9-18(25-14)15-8-6-13(22(23)24)10-16(15)19/h2-11,21H,1H3. The molecule has 0 aliphatic rings. The molecule has 0 atom stereocenters. The monoisotopic (exact) mass is 355 g/mol. The second kappa shape index (κ2) is 7.19. The van der Waals surface area contributed by atoms with E-state index in [4.69, 9.17) is 16.0 Å². The molecule has 0 spiro atoms. The van der Waals surface area contributed by atoms with Crippen molar-refractivity contribution in [2.75, 3.05) is 5.43 Å². The fourth-order valence-corrected chi connectivity index (χ4v) is 2.52. The van der Waals surface area contributed by atoms with Crippen molar-refractivity contribution in [3.05, 3.63) is 81.1 Å². The second-order valence-corrected chi connectivity index (χ2v) is 5.72. The number of nitrogens with one attached hydrogen (secondary N) is 1. The molecule has 1 aromatic heterocycles. The van der Waals surface area contributed by atoms with Gasteiger partial charge in [0.15, 0.2) is 0 Å². The molecule has 0 aliphatic carbocycles. The third-order valence-electron chi connectivity index (χ3n) is 3.58. The highest BCUT2D eigenvalue weighted by Gasteiger charge is 2.13. The zero-order valence-corrected chi connectivity index (χ0v) is 14.0. The van der Waals surface area contributed by atoms with E-state index in [1.54, 1.807) is 24.4 Å². The van der Waals surface area contributed by atoms with E-state index in [0.717, 1.165) is 11.3 Å². The highest BCUT2D eigenvalue weighted by Crippen LogP contribution is 2.32. The first-order chi connectivity index (χ1) is 12.0. The van der Waals surface area contributed by atoms with Gasteiger partial charge in [0, 0.05) is 17.7 Å². The molecule has 0 saturated heterocycles. The first kappa shape index (κ1) is 16.7. The van der Waals surface area contributed by atoms with Crippen LogP contribution < -0.4 is 5.43 Å². The number of furan rings is 1. The van der Waals surface area contributed by atoms with Crippen LogP contribution in [0, 0.1) is 17.0 Å². The largest absolute Gasteiger partial charge is 0.455 e. The number of aryl methyl sites for hydroxylation is 1. The molecule has 6 nitrogen and oxygen atoms in total. The summed E-state index contributed by atoms with van der Waals surface area (Å²) in [5.74, 6) is 1.04. The molecular weight excluding hydrogens is 342 g/mol. The van der Waals surface area contributed by atoms with E-state index in [9.17, 15) is 10.1 Å². The Kier molecular flexibility index (Phi) is 4.81. The predicted molar refractivity (Wildman–Crippen MR) is 98.2 cm³/mol. The normalized spacial score (nSPS) is 11.0. The van der Waals surface area contributed by atoms with Crippen LogP contribution in [0.15, 0.2) is 64.1 Å². The molecular formula is C18H14ClN3O3. The average Bonchev–Trinajstić information content (AvgIpc) is 3.05. The number of hydrogen-bond acceptors (Lipinski definition) is 5. The highest BCUT2D eigenvalue weighted by atomic mass is 35.5. The van der Waals surface area contributed by atoms with E-state index in [1.807, 2.05) is 31.2 Å². The van der Waals surface area contributed by atoms with Gasteiger partial charge in [0.1, 0.15) is 11.5 Å². The number of benzene rings is 2. The summed E-state index contributed by atoms with van der Waals surface area (Å²) in [7, 11) is 0. The molecule has 25 heavy (non-hydrogen) atoms. The quantitative estimate of drug-likeness (QED) is 0.384. The second-order valence-electron chi connectivity index (χ2n) is 5.31. The Hall–Kier alpha value is -3.12. The summed E-state index contributed by atoms with van der Waals surface area (Å²) in [6, 6.07) is 15.5. The van der Waals surface area contributed by atoms with Crippen LogP contribution in [0.1, 0.15) is 11.3 Å². The fourth-order valence-electron chi connectivity index (χ4n) is 2.25. The van der Waals surface area contributed by atoms with Crippen LogP contribution in [0.4, 0.5) is 11.4 Å². The van der Waals surface area contributed by atoms with Gasteiger partial charge in [-0.15, -0.1) is 0 Å². The van der Waals surface area contributed by atoms with Crippen LogP contribution in [0.5, 0.6) is 0 Å². The smallest absolute Gasteiger partial charge is 0.270 e. The van der Waals surface area contributed by atoms with E-state index >= 15 is 0 Å². The van der Waals surface area contributed by atoms with Crippen molar-refractivity contribution in [2.24, 2.45) is 5.10 Å². The molecule has 0 fully saturated rings. The third kappa shape index (κ3) is 3.87. The number of nitro benzene ring substituents is 1. The van der Waals surface area contributed by atoms with Crippen LogP contribution in [0.2, 0.25) is 5.02 Å². The number of nitro groups is 1. The zero-order valence-electron chi connectivity index (χ0n) is 13.3. The maximum atomic E-state index is 10.8. The molecule has 0 unspecified atom stereocenters. The van der Waals surface area contributed by atoms with Crippen molar-refractivity contribution in [1.82, 2.24) is 0 Å². The Balaban J connectivity index is 1.75. The van der Waals surface area contributed by atoms with Crippen LogP contribution in [-0.4, -0.2) is 11.1 Å². The van der Waals surface area contributed by atoms with Gasteiger partial charge in [-0.05, 0) is 36.8 Å². The lowest BCUT2D eigenvalue weighted by molar-refractivity contribution is -0.384. The first-order valence-corrected chi connectivity index (χ1v) is 7.81. The number of non-ortho nitro benzene ring substituents is 1. The van der Waals surface area contributed by atoms with Crippen molar-refractivity contribution in [3.8, 4) is 11.3 Å². The summed E-state index contributed by atoms with van der Waals surface area (Å²) in [5, 5.41) is 15.2. The summed E-state index contributed by atoms with van der Waals surface area (Å²) in [4.78, 5) is 10.3. The summed E-state index contributed by atoms with van der Waals surface area (Å²) in [5.41, 5.74) is 5.45. The number of para-hydroxylation sites is 1. The van der Waals surface area contributed by atoms with Crippen LogP contribution in [0.3, 0.4) is 0 Å². The van der Waals surface area contributed by atoms with E-state index < -0.39 is 4.92 Å². The van der Waals surface area contributed by atoms with Gasteiger partial charge in [-0.3, -0.25) is 15.5 Å². The summed E-state index contributed by atoms with van der Waals surface area (Å²) >= 11 is 6.11. The highest BCUT2D eigenvalue weighted by molar-refractivity contribution is 6.33. The first-order valence-electron chi connectivity index (χ1n) is 7.43. The van der Waals surface area contributed by atoms with E-state index in [0.29, 0.717) is 17.1 Å². The number of halogens is 1. The maximum absolute atomic E-state index is 10.8. The van der Waals surface area contributed by atoms with Crippen molar-refractivity contribution < 1.29 is 9.34 Å². The molecule has 1 N–H and O–H groups in total. The van der Waals surface area contributed by atoms with Gasteiger partial charge in [0.2, 0.25) is 0 Å². The molecule has 0 saturated carbocycles. The summed E-state index contributed by atoms with van der Waals surface area (Å²) in [6.07, 6.45) is 1.55. The Bertz CT molecular complexity index is 950. The van der Waals surface area contributed by atoms with E-state index in [-0.39, 0.29) is 10.7 Å². The van der Waals surface area contributed by atoms with Gasteiger partial charge in [-0.2, -0.15) is 5.10 Å². The maximum Gasteiger partial charge on any atom is 0.270 e. The van der Waals surface area contributed by atoms with Gasteiger partial charge in [0.25, 0.3) is 5.69 Å². The minimum Gasteiger partial charge on any atom is -0.455 e. The Labute approximate surface area is 148 Å². The molecule has 0 amide bonds. The summed E-state index contributed by atoms with van der Waals surface area (Å²) < 4.78 is 5.68. The van der Waals surface area contributed by atoms with Gasteiger partial charge in [0.05, 0.1) is 21.8 Å². The number of hydrogen-bond donors (Lipinski definition) is 1. The van der Waals surface area contributed by atoms with Crippen LogP contribution in [0.25, 0.3) is 11.3 Å². The molecule has 126 valence electrons. The molecule has 2 aromatic carbocycles. The lowest BCUT2D eigenvalue weighted by Crippen LogP contribution is -1.91. The predicted octanol–water partition coefficient (Wildman–Crippen LogP) is 5.26. The number of anilines is 1. The molecule has 0 bridgehead atoms. The van der Waals surface area contributed by atoms with Gasteiger partial charge in [-0.25, -0.2) is 0 Å². The summed E-state index contributed by atoms with van der Waals surface area (Å²) in [6.45, 7) is 1.99. The van der Waals surface area contributed by atoms with Crippen molar-refractivity contribution in [2.45, 2.75) is 6.92 Å². The minimum absolute atomic E-state index is 0.0653. The lowest BCUT2D eigenvalue weighted by Gasteiger charge is -2.02. The molecule has 3 aromatic rings. The topological polar surface area (TPSA) is 80.7 Å². The number of hydrazone groups is 1. The molecule has 3 rings (SSSR count). The van der Waals surface area contributed by atoms with E-state index in [2.05, 4.69) is 10.5 Å². The van der Waals surface area contributed by atoms with Crippen LogP contribution in [-0.2, 0) is 0 Å². The Morgan fingerprint density at radius 3 is 2.72 bits per heavy atom. The van der Waals surface area contributed by atoms with Gasteiger partial charge >= 0.3 is 0 Å². The number of nitrogens with zero attached hydrogens (tertiary/aromatic N) is 2. The zero-order chi connectivity index (χ0) is 17.8. The molecule has 7 heteroatoms. The van der Waals surface area contributed by atoms with Gasteiger partial charge in [-0.1, -0.05) is 29.8 Å². The van der Waals surface area contributed by atoms with E-state index in [1.165, 1.54) is 12.1 Å². The number of rotatable bonds is 5. The minimum atomic E-state index is -0.493. The Morgan fingerprint density at radius 2 is 2.00 bits per heavy atom. The molecule has 0 aliphatic heterocycles. The SMILES string of the molecule is Cc1ccccc1NN=Cc1ccc(-c2ccc([N+](=O)[O-])cc2Cl)o1.